The first-order chi connectivity index (χ1) is 6.49. The molecule has 1 amide bonds. The lowest BCUT2D eigenvalue weighted by Gasteiger charge is -2.26. The lowest BCUT2D eigenvalue weighted by atomic mass is 10.2. The van der Waals surface area contributed by atoms with E-state index in [1.54, 1.807) is 14.0 Å². The highest BCUT2D eigenvalue weighted by molar-refractivity contribution is 5.79. The standard InChI is InChI=1S/C10H20N2O2/c1-8(2)7-12(5-6-14-4)9(3)10(11)13/h9H,1,5-7H2,2-4H3,(H2,11,13). The van der Waals surface area contributed by atoms with Gasteiger partial charge < -0.3 is 10.5 Å². The van der Waals surface area contributed by atoms with E-state index in [0.717, 1.165) is 5.57 Å². The summed E-state index contributed by atoms with van der Waals surface area (Å²) in [6.07, 6.45) is 0. The van der Waals surface area contributed by atoms with Crippen molar-refractivity contribution in [2.45, 2.75) is 19.9 Å². The fraction of sp³-hybridized carbons (Fsp3) is 0.700. The predicted molar refractivity (Wildman–Crippen MR) is 56.9 cm³/mol. The Morgan fingerprint density at radius 3 is 2.57 bits per heavy atom. The van der Waals surface area contributed by atoms with Gasteiger partial charge in [-0.05, 0) is 13.8 Å². The number of hydrogen-bond donors (Lipinski definition) is 1. The fourth-order valence-electron chi connectivity index (χ4n) is 1.14. The molecule has 4 nitrogen and oxygen atoms in total. The fourth-order valence-corrected chi connectivity index (χ4v) is 1.14. The van der Waals surface area contributed by atoms with Crippen molar-refractivity contribution in [1.29, 1.82) is 0 Å². The molecule has 0 aliphatic rings. The van der Waals surface area contributed by atoms with Crippen molar-refractivity contribution in [3.05, 3.63) is 12.2 Å². The Kier molecular flexibility index (Phi) is 6.16. The molecule has 2 N–H and O–H groups in total. The Morgan fingerprint density at radius 1 is 1.64 bits per heavy atom. The van der Waals surface area contributed by atoms with Gasteiger partial charge in [-0.15, -0.1) is 0 Å². The van der Waals surface area contributed by atoms with Crippen LogP contribution in [0.1, 0.15) is 13.8 Å². The van der Waals surface area contributed by atoms with E-state index in [1.807, 2.05) is 11.8 Å². The molecule has 82 valence electrons. The van der Waals surface area contributed by atoms with E-state index in [1.165, 1.54) is 0 Å². The zero-order chi connectivity index (χ0) is 11.1. The molecule has 0 aromatic rings. The zero-order valence-corrected chi connectivity index (χ0v) is 9.25. The van der Waals surface area contributed by atoms with Crippen molar-refractivity contribution in [3.63, 3.8) is 0 Å². The van der Waals surface area contributed by atoms with Crippen molar-refractivity contribution in [2.75, 3.05) is 26.8 Å². The highest BCUT2D eigenvalue weighted by atomic mass is 16.5. The summed E-state index contributed by atoms with van der Waals surface area (Å²) in [5, 5.41) is 0. The molecule has 4 heteroatoms. The van der Waals surface area contributed by atoms with Gasteiger partial charge in [-0.1, -0.05) is 12.2 Å². The molecule has 0 heterocycles. The summed E-state index contributed by atoms with van der Waals surface area (Å²) in [4.78, 5) is 12.9. The smallest absolute Gasteiger partial charge is 0.234 e. The summed E-state index contributed by atoms with van der Waals surface area (Å²) in [7, 11) is 1.63. The molecule has 0 saturated heterocycles. The molecule has 0 bridgehead atoms. The van der Waals surface area contributed by atoms with Gasteiger partial charge in [0.15, 0.2) is 0 Å². The van der Waals surface area contributed by atoms with Gasteiger partial charge in [0, 0.05) is 20.2 Å². The first-order valence-corrected chi connectivity index (χ1v) is 4.65. The third-order valence-electron chi connectivity index (χ3n) is 2.02. The van der Waals surface area contributed by atoms with Crippen LogP contribution in [0, 0.1) is 0 Å². The molecule has 0 radical (unpaired) electrons. The van der Waals surface area contributed by atoms with Crippen molar-refractivity contribution < 1.29 is 9.53 Å². The first kappa shape index (κ1) is 13.1. The van der Waals surface area contributed by atoms with Gasteiger partial charge >= 0.3 is 0 Å². The number of carbonyl (C=O) groups is 1. The number of rotatable bonds is 7. The molecule has 1 atom stereocenters. The maximum atomic E-state index is 11.0. The minimum atomic E-state index is -0.317. The Hall–Kier alpha value is -0.870. The van der Waals surface area contributed by atoms with Crippen LogP contribution < -0.4 is 5.73 Å². The summed E-state index contributed by atoms with van der Waals surface area (Å²) in [5.41, 5.74) is 6.24. The monoisotopic (exact) mass is 200 g/mol. The van der Waals surface area contributed by atoms with Gasteiger partial charge in [0.2, 0.25) is 5.91 Å². The molecule has 0 fully saturated rings. The van der Waals surface area contributed by atoms with Crippen LogP contribution in [0.25, 0.3) is 0 Å². The first-order valence-electron chi connectivity index (χ1n) is 4.65. The van der Waals surface area contributed by atoms with Gasteiger partial charge in [-0.3, -0.25) is 9.69 Å². The topological polar surface area (TPSA) is 55.6 Å². The highest BCUT2D eigenvalue weighted by Crippen LogP contribution is 2.02. The van der Waals surface area contributed by atoms with Gasteiger partial charge in [0.1, 0.15) is 0 Å². The minimum absolute atomic E-state index is 0.276. The minimum Gasteiger partial charge on any atom is -0.383 e. The molecule has 0 aliphatic heterocycles. The van der Waals surface area contributed by atoms with E-state index in [0.29, 0.717) is 19.7 Å². The second-order valence-electron chi connectivity index (χ2n) is 3.50. The highest BCUT2D eigenvalue weighted by Gasteiger charge is 2.17. The average molecular weight is 200 g/mol. The Morgan fingerprint density at radius 2 is 2.21 bits per heavy atom. The summed E-state index contributed by atoms with van der Waals surface area (Å²) in [5.74, 6) is -0.317. The Bertz CT molecular complexity index is 204. The number of nitrogens with zero attached hydrogens (tertiary/aromatic N) is 1. The van der Waals surface area contributed by atoms with Crippen molar-refractivity contribution in [3.8, 4) is 0 Å². The van der Waals surface area contributed by atoms with Gasteiger partial charge in [0.05, 0.1) is 12.6 Å². The van der Waals surface area contributed by atoms with E-state index < -0.39 is 0 Å². The zero-order valence-electron chi connectivity index (χ0n) is 9.25. The molecule has 1 unspecified atom stereocenters. The van der Waals surface area contributed by atoms with Crippen LogP contribution in [0.3, 0.4) is 0 Å². The van der Waals surface area contributed by atoms with Crippen LogP contribution in [-0.4, -0.2) is 43.7 Å². The van der Waals surface area contributed by atoms with Crippen LogP contribution in [0.15, 0.2) is 12.2 Å². The molecule has 0 spiro atoms. The van der Waals surface area contributed by atoms with Gasteiger partial charge in [-0.25, -0.2) is 0 Å². The largest absolute Gasteiger partial charge is 0.383 e. The summed E-state index contributed by atoms with van der Waals surface area (Å²) < 4.78 is 4.96. The van der Waals surface area contributed by atoms with Crippen LogP contribution in [0.5, 0.6) is 0 Å². The second-order valence-corrected chi connectivity index (χ2v) is 3.50. The third kappa shape index (κ3) is 4.99. The lowest BCUT2D eigenvalue weighted by molar-refractivity contribution is -0.122. The molecular formula is C10H20N2O2. The van der Waals surface area contributed by atoms with Crippen LogP contribution in [0.4, 0.5) is 0 Å². The summed E-state index contributed by atoms with van der Waals surface area (Å²) in [6.45, 7) is 9.48. The maximum absolute atomic E-state index is 11.0. The van der Waals surface area contributed by atoms with E-state index in [2.05, 4.69) is 6.58 Å². The maximum Gasteiger partial charge on any atom is 0.234 e. The lowest BCUT2D eigenvalue weighted by Crippen LogP contribution is -2.44. The van der Waals surface area contributed by atoms with Crippen molar-refractivity contribution in [2.24, 2.45) is 5.73 Å². The number of primary amides is 1. The predicted octanol–water partition coefficient (Wildman–Crippen LogP) is 0.385. The normalized spacial score (nSPS) is 12.9. The number of hydrogen-bond acceptors (Lipinski definition) is 3. The molecule has 0 aliphatic carbocycles. The van der Waals surface area contributed by atoms with E-state index in [-0.39, 0.29) is 11.9 Å². The van der Waals surface area contributed by atoms with E-state index in [9.17, 15) is 4.79 Å². The van der Waals surface area contributed by atoms with Crippen molar-refractivity contribution >= 4 is 5.91 Å². The van der Waals surface area contributed by atoms with Crippen molar-refractivity contribution in [1.82, 2.24) is 4.90 Å². The third-order valence-corrected chi connectivity index (χ3v) is 2.02. The molecule has 0 saturated carbocycles. The molecular weight excluding hydrogens is 180 g/mol. The molecule has 14 heavy (non-hydrogen) atoms. The average Bonchev–Trinajstić information content (AvgIpc) is 2.10. The molecule has 0 aromatic carbocycles. The van der Waals surface area contributed by atoms with E-state index in [4.69, 9.17) is 10.5 Å². The quantitative estimate of drug-likeness (QED) is 0.605. The van der Waals surface area contributed by atoms with E-state index >= 15 is 0 Å². The van der Waals surface area contributed by atoms with Gasteiger partial charge in [-0.2, -0.15) is 0 Å². The van der Waals surface area contributed by atoms with Gasteiger partial charge in [0.25, 0.3) is 0 Å². The number of nitrogens with two attached hydrogens (primary N) is 1. The second kappa shape index (κ2) is 6.56. The molecule has 0 rings (SSSR count). The Balaban J connectivity index is 4.22. The molecule has 0 aromatic heterocycles. The number of amides is 1. The van der Waals surface area contributed by atoms with Crippen LogP contribution in [-0.2, 0) is 9.53 Å². The Labute approximate surface area is 85.7 Å². The SMILES string of the molecule is C=C(C)CN(CCOC)C(C)C(N)=O. The summed E-state index contributed by atoms with van der Waals surface area (Å²) in [6, 6.07) is -0.276. The van der Waals surface area contributed by atoms with Crippen LogP contribution in [0.2, 0.25) is 0 Å². The number of carbonyl (C=O) groups excluding carboxylic acids is 1. The number of ether oxygens (including phenoxy) is 1. The number of methoxy groups -OCH3 is 1. The summed E-state index contributed by atoms with van der Waals surface area (Å²) >= 11 is 0. The van der Waals surface area contributed by atoms with Crippen LogP contribution >= 0.6 is 0 Å².